The normalized spacial score (nSPS) is 10.9. The fourth-order valence-electron chi connectivity index (χ4n) is 1.79. The van der Waals surface area contributed by atoms with Gasteiger partial charge < -0.3 is 10.1 Å². The van der Waals surface area contributed by atoms with E-state index in [1.807, 2.05) is 44.4 Å². The van der Waals surface area contributed by atoms with Crippen molar-refractivity contribution in [3.05, 3.63) is 47.9 Å². The van der Waals surface area contributed by atoms with E-state index in [1.54, 1.807) is 24.0 Å². The van der Waals surface area contributed by atoms with E-state index >= 15 is 0 Å². The van der Waals surface area contributed by atoms with Crippen LogP contribution in [0.2, 0.25) is 0 Å². The van der Waals surface area contributed by atoms with Crippen LogP contribution < -0.4 is 10.1 Å². The summed E-state index contributed by atoms with van der Waals surface area (Å²) >= 11 is 1.55. The zero-order valence-corrected chi connectivity index (χ0v) is 13.2. The number of hydrogen-bond donors (Lipinski definition) is 1. The molecule has 1 aromatic carbocycles. The van der Waals surface area contributed by atoms with Crippen LogP contribution in [0.1, 0.15) is 19.4 Å². The van der Waals surface area contributed by atoms with Crippen molar-refractivity contribution in [3.8, 4) is 11.6 Å². The Labute approximate surface area is 128 Å². The molecule has 5 heteroatoms. The number of hydrogen-bond acceptors (Lipinski definition) is 4. The second-order valence-corrected chi connectivity index (χ2v) is 5.73. The number of nitrogens with one attached hydrogen (secondary N) is 1. The van der Waals surface area contributed by atoms with E-state index in [4.69, 9.17) is 4.74 Å². The average Bonchev–Trinajstić information content (AvgIpc) is 2.48. The molecule has 0 amide bonds. The largest absolute Gasteiger partial charge is 0.435 e. The highest BCUT2D eigenvalue weighted by atomic mass is 32.2. The maximum absolute atomic E-state index is 14.4. The minimum atomic E-state index is -0.415. The SMILES string of the molecule is CSc1ccccc1Oc1nccc(CNC(C)C)c1F. The topological polar surface area (TPSA) is 34.1 Å². The Hall–Kier alpha value is -1.59. The second kappa shape index (κ2) is 7.43. The van der Waals surface area contributed by atoms with Gasteiger partial charge in [0.15, 0.2) is 5.82 Å². The van der Waals surface area contributed by atoms with E-state index < -0.39 is 5.82 Å². The minimum Gasteiger partial charge on any atom is -0.435 e. The van der Waals surface area contributed by atoms with Gasteiger partial charge in [0.05, 0.1) is 0 Å². The number of halogens is 1. The molecular weight excluding hydrogens is 287 g/mol. The average molecular weight is 306 g/mol. The lowest BCUT2D eigenvalue weighted by atomic mass is 10.2. The molecule has 0 aliphatic rings. The van der Waals surface area contributed by atoms with Crippen LogP contribution in [0.25, 0.3) is 0 Å². The summed E-state index contributed by atoms with van der Waals surface area (Å²) in [5.74, 6) is 0.214. The summed E-state index contributed by atoms with van der Waals surface area (Å²) < 4.78 is 20.1. The van der Waals surface area contributed by atoms with Gasteiger partial charge in [-0.1, -0.05) is 26.0 Å². The summed E-state index contributed by atoms with van der Waals surface area (Å²) in [6.07, 6.45) is 3.52. The van der Waals surface area contributed by atoms with Gasteiger partial charge in [-0.3, -0.25) is 0 Å². The number of rotatable bonds is 6. The highest BCUT2D eigenvalue weighted by molar-refractivity contribution is 7.98. The second-order valence-electron chi connectivity index (χ2n) is 4.88. The number of benzene rings is 1. The fourth-order valence-corrected chi connectivity index (χ4v) is 2.32. The molecule has 0 unspecified atom stereocenters. The summed E-state index contributed by atoms with van der Waals surface area (Å²) in [5, 5.41) is 3.19. The van der Waals surface area contributed by atoms with Crippen molar-refractivity contribution in [1.29, 1.82) is 0 Å². The van der Waals surface area contributed by atoms with Crippen LogP contribution in [-0.2, 0) is 6.54 Å². The number of para-hydroxylation sites is 1. The van der Waals surface area contributed by atoms with E-state index in [2.05, 4.69) is 10.3 Å². The third kappa shape index (κ3) is 4.19. The third-order valence-electron chi connectivity index (χ3n) is 2.91. The Kier molecular flexibility index (Phi) is 5.59. The highest BCUT2D eigenvalue weighted by Crippen LogP contribution is 2.31. The van der Waals surface area contributed by atoms with Crippen LogP contribution in [-0.4, -0.2) is 17.3 Å². The zero-order valence-electron chi connectivity index (χ0n) is 12.4. The van der Waals surface area contributed by atoms with Crippen LogP contribution in [0.15, 0.2) is 41.4 Å². The molecule has 0 fully saturated rings. The quantitative estimate of drug-likeness (QED) is 0.810. The fraction of sp³-hybridized carbons (Fsp3) is 0.312. The van der Waals surface area contributed by atoms with Gasteiger partial charge in [-0.15, -0.1) is 11.8 Å². The maximum atomic E-state index is 14.4. The number of nitrogens with zero attached hydrogens (tertiary/aromatic N) is 1. The zero-order chi connectivity index (χ0) is 15.2. The molecule has 0 aliphatic heterocycles. The molecule has 0 bridgehead atoms. The van der Waals surface area contributed by atoms with Crippen molar-refractivity contribution < 1.29 is 9.13 Å². The molecule has 21 heavy (non-hydrogen) atoms. The molecule has 2 aromatic rings. The van der Waals surface area contributed by atoms with Gasteiger partial charge in [-0.25, -0.2) is 9.37 Å². The molecule has 2 rings (SSSR count). The Morgan fingerprint density at radius 3 is 2.76 bits per heavy atom. The van der Waals surface area contributed by atoms with Crippen molar-refractivity contribution in [2.75, 3.05) is 6.26 Å². The number of aromatic nitrogens is 1. The smallest absolute Gasteiger partial charge is 0.256 e. The highest BCUT2D eigenvalue weighted by Gasteiger charge is 2.13. The van der Waals surface area contributed by atoms with Crippen LogP contribution >= 0.6 is 11.8 Å². The predicted molar refractivity (Wildman–Crippen MR) is 84.5 cm³/mol. The molecule has 0 spiro atoms. The lowest BCUT2D eigenvalue weighted by molar-refractivity contribution is 0.409. The molecule has 3 nitrogen and oxygen atoms in total. The Bertz CT molecular complexity index is 605. The van der Waals surface area contributed by atoms with E-state index in [1.165, 1.54) is 0 Å². The molecule has 1 aromatic heterocycles. The lowest BCUT2D eigenvalue weighted by Crippen LogP contribution is -2.22. The van der Waals surface area contributed by atoms with Crippen LogP contribution in [0.5, 0.6) is 11.6 Å². The van der Waals surface area contributed by atoms with Gasteiger partial charge in [0.1, 0.15) is 5.75 Å². The van der Waals surface area contributed by atoms with Gasteiger partial charge in [0, 0.05) is 29.2 Å². The predicted octanol–water partition coefficient (Wildman–Crippen LogP) is 4.23. The maximum Gasteiger partial charge on any atom is 0.256 e. The van der Waals surface area contributed by atoms with Gasteiger partial charge in [-0.2, -0.15) is 0 Å². The Balaban J connectivity index is 2.22. The van der Waals surface area contributed by atoms with E-state index in [0.29, 0.717) is 23.9 Å². The monoisotopic (exact) mass is 306 g/mol. The molecule has 1 heterocycles. The van der Waals surface area contributed by atoms with Crippen molar-refractivity contribution >= 4 is 11.8 Å². The van der Waals surface area contributed by atoms with Gasteiger partial charge in [0.25, 0.3) is 5.88 Å². The first-order chi connectivity index (χ1) is 10.1. The van der Waals surface area contributed by atoms with Crippen LogP contribution in [0.4, 0.5) is 4.39 Å². The molecule has 0 radical (unpaired) electrons. The van der Waals surface area contributed by atoms with Gasteiger partial charge >= 0.3 is 0 Å². The summed E-state index contributed by atoms with van der Waals surface area (Å²) in [7, 11) is 0. The number of pyridine rings is 1. The molecule has 0 aliphatic carbocycles. The van der Waals surface area contributed by atoms with Crippen molar-refractivity contribution in [2.24, 2.45) is 0 Å². The number of thioether (sulfide) groups is 1. The van der Waals surface area contributed by atoms with E-state index in [-0.39, 0.29) is 5.88 Å². The van der Waals surface area contributed by atoms with Crippen molar-refractivity contribution in [1.82, 2.24) is 10.3 Å². The number of ether oxygens (including phenoxy) is 1. The summed E-state index contributed by atoms with van der Waals surface area (Å²) in [6, 6.07) is 9.48. The standard InChI is InChI=1S/C16H19FN2OS/c1-11(2)19-10-12-8-9-18-16(15(12)17)20-13-6-4-5-7-14(13)21-3/h4-9,11,19H,10H2,1-3H3. The first-order valence-corrected chi connectivity index (χ1v) is 8.02. The lowest BCUT2D eigenvalue weighted by Gasteiger charge is -2.12. The van der Waals surface area contributed by atoms with Crippen LogP contribution in [0, 0.1) is 5.82 Å². The van der Waals surface area contributed by atoms with Gasteiger partial charge in [-0.05, 0) is 24.5 Å². The molecule has 1 N–H and O–H groups in total. The van der Waals surface area contributed by atoms with Crippen LogP contribution in [0.3, 0.4) is 0 Å². The molecule has 0 atom stereocenters. The molecular formula is C16H19FN2OS. The first-order valence-electron chi connectivity index (χ1n) is 6.79. The van der Waals surface area contributed by atoms with Crippen molar-refractivity contribution in [3.63, 3.8) is 0 Å². The Morgan fingerprint density at radius 2 is 2.05 bits per heavy atom. The third-order valence-corrected chi connectivity index (χ3v) is 3.69. The molecule has 112 valence electrons. The molecule has 0 saturated heterocycles. The van der Waals surface area contributed by atoms with E-state index in [0.717, 1.165) is 4.90 Å². The Morgan fingerprint density at radius 1 is 1.29 bits per heavy atom. The van der Waals surface area contributed by atoms with Gasteiger partial charge in [0.2, 0.25) is 0 Å². The summed E-state index contributed by atoms with van der Waals surface area (Å²) in [4.78, 5) is 4.95. The summed E-state index contributed by atoms with van der Waals surface area (Å²) in [6.45, 7) is 4.49. The summed E-state index contributed by atoms with van der Waals surface area (Å²) in [5.41, 5.74) is 0.551. The van der Waals surface area contributed by atoms with E-state index in [9.17, 15) is 4.39 Å². The first kappa shape index (κ1) is 15.8. The van der Waals surface area contributed by atoms with Crippen molar-refractivity contribution in [2.45, 2.75) is 31.3 Å². The minimum absolute atomic E-state index is 0.0135. The molecule has 0 saturated carbocycles.